The number of hydrogen-bond donors (Lipinski definition) is 0. The summed E-state index contributed by atoms with van der Waals surface area (Å²) in [5.74, 6) is -0.0908. The zero-order valence-electron chi connectivity index (χ0n) is 27.4. The summed E-state index contributed by atoms with van der Waals surface area (Å²) in [6, 6.07) is 32.5. The van der Waals surface area contributed by atoms with Gasteiger partial charge in [0.15, 0.2) is 12.6 Å². The van der Waals surface area contributed by atoms with Crippen LogP contribution in [-0.2, 0) is 25.5 Å². The van der Waals surface area contributed by atoms with Crippen molar-refractivity contribution in [2.45, 2.75) is 46.8 Å². The summed E-state index contributed by atoms with van der Waals surface area (Å²) < 4.78 is 25.1. The molecule has 1 amide bonds. The van der Waals surface area contributed by atoms with Crippen LogP contribution in [0.2, 0.25) is 0 Å². The average molecular weight is 704 g/mol. The minimum Gasteiger partial charge on any atom is -0.351 e. The predicted octanol–water partition coefficient (Wildman–Crippen LogP) is 8.05. The van der Waals surface area contributed by atoms with Gasteiger partial charge in [0.25, 0.3) is 11.5 Å². The predicted molar refractivity (Wildman–Crippen MR) is 192 cm³/mol. The second-order valence-corrected chi connectivity index (χ2v) is 11.2. The van der Waals surface area contributed by atoms with E-state index in [1.54, 1.807) is 9.47 Å². The fraction of sp³-hybridized carbons (Fsp3) is 0.316. The molecule has 0 bridgehead atoms. The lowest BCUT2D eigenvalue weighted by molar-refractivity contribution is -0.143. The van der Waals surface area contributed by atoms with Crippen LogP contribution in [0.25, 0.3) is 21.7 Å². The second-order valence-electron chi connectivity index (χ2n) is 10.4. The number of para-hydroxylation sites is 2. The molecule has 5 rings (SSSR count). The van der Waals surface area contributed by atoms with E-state index < -0.39 is 12.6 Å². The Morgan fingerprint density at radius 1 is 0.660 bits per heavy atom. The Labute approximate surface area is 284 Å². The first-order chi connectivity index (χ1) is 22.9. The molecule has 248 valence electrons. The van der Waals surface area contributed by atoms with Gasteiger partial charge in [-0.15, -0.1) is 0 Å². The maximum Gasteiger partial charge on any atom is 0.259 e. The molecule has 0 atom stereocenters. The SMILES string of the molecule is CCOC(CN(C(=O)c1ccccc1)c1ccccc1Br)OCC.CCOC(Cn1c(=O)c2ccccc2c2ccccc21)OCC. The molecular weight excluding hydrogens is 660 g/mol. The molecule has 0 aliphatic rings. The van der Waals surface area contributed by atoms with E-state index in [-0.39, 0.29) is 11.5 Å². The second kappa shape index (κ2) is 18.5. The van der Waals surface area contributed by atoms with Crippen molar-refractivity contribution in [1.82, 2.24) is 4.57 Å². The normalized spacial score (nSPS) is 11.2. The fourth-order valence-electron chi connectivity index (χ4n) is 5.32. The van der Waals surface area contributed by atoms with Crippen LogP contribution in [0.4, 0.5) is 5.69 Å². The van der Waals surface area contributed by atoms with Gasteiger partial charge in [-0.2, -0.15) is 0 Å². The quantitative estimate of drug-likeness (QED) is 0.0861. The summed E-state index contributed by atoms with van der Waals surface area (Å²) in [7, 11) is 0. The minimum absolute atomic E-state index is 0.0105. The number of halogens is 1. The zero-order valence-corrected chi connectivity index (χ0v) is 29.0. The Balaban J connectivity index is 0.000000213. The van der Waals surface area contributed by atoms with Gasteiger partial charge in [0.05, 0.1) is 24.3 Å². The number of carbonyl (C=O) groups is 1. The maximum atomic E-state index is 13.0. The topological polar surface area (TPSA) is 79.2 Å². The van der Waals surface area contributed by atoms with Crippen LogP contribution in [-0.4, -0.2) is 56.0 Å². The molecule has 1 heterocycles. The Hall–Kier alpha value is -3.86. The molecule has 0 aliphatic carbocycles. The highest BCUT2D eigenvalue weighted by Gasteiger charge is 2.24. The van der Waals surface area contributed by atoms with Gasteiger partial charge in [-0.05, 0) is 85.4 Å². The van der Waals surface area contributed by atoms with Crippen LogP contribution < -0.4 is 10.5 Å². The molecule has 0 saturated carbocycles. The number of ether oxygens (including phenoxy) is 4. The van der Waals surface area contributed by atoms with Crippen LogP contribution in [0.15, 0.2) is 112 Å². The first-order valence-electron chi connectivity index (χ1n) is 16.0. The third-order valence-electron chi connectivity index (χ3n) is 7.37. The van der Waals surface area contributed by atoms with E-state index in [1.165, 1.54) is 0 Å². The lowest BCUT2D eigenvalue weighted by atomic mass is 10.1. The number of nitrogens with zero attached hydrogens (tertiary/aromatic N) is 2. The zero-order chi connectivity index (χ0) is 33.6. The molecule has 4 aromatic carbocycles. The van der Waals surface area contributed by atoms with E-state index >= 15 is 0 Å². The van der Waals surface area contributed by atoms with Gasteiger partial charge in [-0.25, -0.2) is 0 Å². The van der Waals surface area contributed by atoms with E-state index in [4.69, 9.17) is 18.9 Å². The number of pyridine rings is 1. The number of fused-ring (bicyclic) bond motifs is 3. The van der Waals surface area contributed by atoms with Gasteiger partial charge in [0, 0.05) is 47.2 Å². The molecule has 47 heavy (non-hydrogen) atoms. The van der Waals surface area contributed by atoms with Gasteiger partial charge in [-0.1, -0.05) is 66.7 Å². The Morgan fingerprint density at radius 3 is 1.79 bits per heavy atom. The first-order valence-corrected chi connectivity index (χ1v) is 16.8. The number of amides is 1. The molecule has 5 aromatic rings. The smallest absolute Gasteiger partial charge is 0.259 e. The molecule has 0 N–H and O–H groups in total. The van der Waals surface area contributed by atoms with E-state index in [2.05, 4.69) is 15.9 Å². The van der Waals surface area contributed by atoms with Crippen molar-refractivity contribution in [3.63, 3.8) is 0 Å². The molecule has 8 nitrogen and oxygen atoms in total. The number of hydrogen-bond acceptors (Lipinski definition) is 6. The summed E-state index contributed by atoms with van der Waals surface area (Å²) in [5, 5.41) is 2.76. The van der Waals surface area contributed by atoms with Crippen molar-refractivity contribution >= 4 is 49.2 Å². The Bertz CT molecular complexity index is 1770. The highest BCUT2D eigenvalue weighted by atomic mass is 79.9. The lowest BCUT2D eigenvalue weighted by Gasteiger charge is -2.28. The number of benzene rings is 4. The highest BCUT2D eigenvalue weighted by Crippen LogP contribution is 2.28. The number of carbonyl (C=O) groups excluding carboxylic acids is 1. The van der Waals surface area contributed by atoms with E-state index in [0.717, 1.165) is 31.8 Å². The van der Waals surface area contributed by atoms with E-state index in [0.29, 0.717) is 45.1 Å². The van der Waals surface area contributed by atoms with Crippen molar-refractivity contribution < 1.29 is 23.7 Å². The van der Waals surface area contributed by atoms with Crippen molar-refractivity contribution in [3.05, 3.63) is 124 Å². The third kappa shape index (κ3) is 9.37. The fourth-order valence-corrected chi connectivity index (χ4v) is 5.82. The summed E-state index contributed by atoms with van der Waals surface area (Å²) in [4.78, 5) is 27.7. The molecule has 1 aromatic heterocycles. The van der Waals surface area contributed by atoms with Gasteiger partial charge >= 0.3 is 0 Å². The third-order valence-corrected chi connectivity index (χ3v) is 8.04. The Morgan fingerprint density at radius 2 is 1.17 bits per heavy atom. The molecule has 0 fully saturated rings. The van der Waals surface area contributed by atoms with Crippen LogP contribution >= 0.6 is 15.9 Å². The lowest BCUT2D eigenvalue weighted by Crippen LogP contribution is -2.40. The molecule has 0 spiro atoms. The summed E-state index contributed by atoms with van der Waals surface area (Å²) >= 11 is 3.53. The van der Waals surface area contributed by atoms with Crippen molar-refractivity contribution in [1.29, 1.82) is 0 Å². The Kier molecular flexibility index (Phi) is 14.1. The van der Waals surface area contributed by atoms with Gasteiger partial charge in [-0.3, -0.25) is 9.59 Å². The molecule has 0 aliphatic heterocycles. The van der Waals surface area contributed by atoms with Crippen LogP contribution in [0.3, 0.4) is 0 Å². The van der Waals surface area contributed by atoms with Gasteiger partial charge in [0.1, 0.15) is 0 Å². The molecule has 0 unspecified atom stereocenters. The standard InChI is InChI=1S/C19H22BrNO3.C19H21NO3/c1-3-23-18(24-4-2)14-21(17-13-9-8-12-16(17)20)19(22)15-10-6-5-7-11-15;1-3-22-18(23-4-2)13-20-17-12-8-7-10-15(17)14-9-5-6-11-16(14)19(20)21/h5-13,18H,3-4,14H2,1-2H3;5-12,18H,3-4,13H2,1-2H3. The first kappa shape index (κ1) is 36.0. The van der Waals surface area contributed by atoms with Crippen molar-refractivity contribution in [2.75, 3.05) is 37.9 Å². The molecule has 0 saturated heterocycles. The highest BCUT2D eigenvalue weighted by molar-refractivity contribution is 9.10. The van der Waals surface area contributed by atoms with Crippen LogP contribution in [0.5, 0.6) is 0 Å². The van der Waals surface area contributed by atoms with Crippen molar-refractivity contribution in [3.8, 4) is 0 Å². The summed E-state index contributed by atoms with van der Waals surface area (Å²) in [6.07, 6.45) is -0.896. The number of anilines is 1. The van der Waals surface area contributed by atoms with Crippen LogP contribution in [0, 0.1) is 0 Å². The largest absolute Gasteiger partial charge is 0.351 e. The van der Waals surface area contributed by atoms with E-state index in [1.807, 2.05) is 131 Å². The van der Waals surface area contributed by atoms with Gasteiger partial charge in [0.2, 0.25) is 0 Å². The number of rotatable bonds is 14. The van der Waals surface area contributed by atoms with Crippen molar-refractivity contribution in [2.24, 2.45) is 0 Å². The summed E-state index contributed by atoms with van der Waals surface area (Å²) in [5.41, 5.74) is 2.31. The maximum absolute atomic E-state index is 13.0. The summed E-state index contributed by atoms with van der Waals surface area (Å²) in [6.45, 7) is 10.5. The van der Waals surface area contributed by atoms with Gasteiger partial charge < -0.3 is 28.4 Å². The average Bonchev–Trinajstić information content (AvgIpc) is 3.10. The number of aromatic nitrogens is 1. The molecule has 9 heteroatoms. The molecule has 0 radical (unpaired) electrons. The monoisotopic (exact) mass is 702 g/mol. The molecular formula is C38H43BrN2O6. The van der Waals surface area contributed by atoms with E-state index in [9.17, 15) is 9.59 Å². The minimum atomic E-state index is -0.472. The van der Waals surface area contributed by atoms with Crippen LogP contribution in [0.1, 0.15) is 38.1 Å².